The molecule has 0 aromatic heterocycles. The van der Waals surface area contributed by atoms with Crippen molar-refractivity contribution in [3.8, 4) is 11.8 Å². The number of hydrogen-bond donors (Lipinski definition) is 2. The van der Waals surface area contributed by atoms with E-state index in [2.05, 4.69) is 11.8 Å². The van der Waals surface area contributed by atoms with Crippen LogP contribution in [-0.4, -0.2) is 37.2 Å². The monoisotopic (exact) mass is 510 g/mol. The van der Waals surface area contributed by atoms with Gasteiger partial charge in [-0.15, -0.1) is 5.92 Å². The van der Waals surface area contributed by atoms with Crippen LogP contribution in [0.5, 0.6) is 0 Å². The molecule has 2 aliphatic rings. The smallest absolute Gasteiger partial charge is 0.328 e. The first-order valence-corrected chi connectivity index (χ1v) is 13.2. The number of nitrogens with one attached hydrogen (secondary N) is 2. The van der Waals surface area contributed by atoms with Gasteiger partial charge in [0.25, 0.3) is 11.8 Å². The standard InChI is InChI=1S/C25H29F3N2O4S/c1-3-4-5-6-7-8-15-24(25(26,27)28)16-20(18-11-9-17(2)10-12-18)21(22(31)29-24)23(32)30-35(33,34)19-13-14-19/h9-12,19H,3-7,13-14,16H2,1-2H3,(H,29,31)(H,30,32)/t24-/m1/s1. The third-order valence-corrected chi connectivity index (χ3v) is 7.88. The van der Waals surface area contributed by atoms with E-state index in [0.29, 0.717) is 19.3 Å². The van der Waals surface area contributed by atoms with E-state index in [4.69, 9.17) is 0 Å². The van der Waals surface area contributed by atoms with Gasteiger partial charge in [0.1, 0.15) is 5.57 Å². The van der Waals surface area contributed by atoms with Crippen LogP contribution in [0.4, 0.5) is 13.2 Å². The molecule has 0 bridgehead atoms. The lowest BCUT2D eigenvalue weighted by Crippen LogP contribution is -2.61. The Morgan fingerprint density at radius 1 is 1.17 bits per heavy atom. The zero-order chi connectivity index (χ0) is 25.9. The van der Waals surface area contributed by atoms with Gasteiger partial charge in [-0.2, -0.15) is 13.2 Å². The number of alkyl halides is 3. The first-order valence-electron chi connectivity index (χ1n) is 11.7. The average molecular weight is 511 g/mol. The molecule has 0 saturated heterocycles. The van der Waals surface area contributed by atoms with E-state index in [1.54, 1.807) is 19.1 Å². The number of aryl methyl sites for hydroxylation is 1. The molecule has 35 heavy (non-hydrogen) atoms. The molecule has 1 saturated carbocycles. The minimum Gasteiger partial charge on any atom is -0.328 e. The topological polar surface area (TPSA) is 92.3 Å². The third-order valence-electron chi connectivity index (χ3n) is 6.06. The van der Waals surface area contributed by atoms with Gasteiger partial charge in [-0.05, 0) is 37.3 Å². The Hall–Kier alpha value is -2.80. The van der Waals surface area contributed by atoms with Gasteiger partial charge in [0.2, 0.25) is 15.6 Å². The average Bonchev–Trinajstić information content (AvgIpc) is 3.61. The molecule has 1 fully saturated rings. The highest BCUT2D eigenvalue weighted by Gasteiger charge is 2.58. The van der Waals surface area contributed by atoms with Crippen LogP contribution in [-0.2, 0) is 19.6 Å². The maximum atomic E-state index is 14.3. The van der Waals surface area contributed by atoms with Gasteiger partial charge in [-0.25, -0.2) is 13.1 Å². The molecule has 10 heteroatoms. The fourth-order valence-corrected chi connectivity index (χ4v) is 5.13. The first-order chi connectivity index (χ1) is 16.4. The van der Waals surface area contributed by atoms with E-state index in [1.807, 2.05) is 17.0 Å². The Balaban J connectivity index is 2.04. The molecular weight excluding hydrogens is 481 g/mol. The Labute approximate surface area is 203 Å². The number of amides is 2. The molecule has 0 unspecified atom stereocenters. The molecule has 1 aliphatic heterocycles. The SMILES string of the molecule is CCCCCCC#C[C@]1(C(F)(F)F)CC(c2ccc(C)cc2)=C(C(=O)NS(=O)(=O)C2CC2)C(=O)N1. The molecule has 1 aromatic rings. The Morgan fingerprint density at radius 3 is 2.40 bits per heavy atom. The molecule has 1 aliphatic carbocycles. The number of carbonyl (C=O) groups is 2. The van der Waals surface area contributed by atoms with Crippen LogP contribution in [0.3, 0.4) is 0 Å². The van der Waals surface area contributed by atoms with Gasteiger partial charge in [-0.1, -0.05) is 61.9 Å². The third kappa shape index (κ3) is 6.26. The lowest BCUT2D eigenvalue weighted by molar-refractivity contribution is -0.180. The molecule has 1 aromatic carbocycles. The summed E-state index contributed by atoms with van der Waals surface area (Å²) in [6.07, 6.45) is -1.36. The minimum atomic E-state index is -4.93. The molecule has 6 nitrogen and oxygen atoms in total. The number of hydrogen-bond acceptors (Lipinski definition) is 4. The minimum absolute atomic E-state index is 0.199. The van der Waals surface area contributed by atoms with Crippen LogP contribution in [0.25, 0.3) is 5.57 Å². The van der Waals surface area contributed by atoms with Crippen LogP contribution in [0.2, 0.25) is 0 Å². The Bertz CT molecular complexity index is 1170. The highest BCUT2D eigenvalue weighted by atomic mass is 32.2. The second-order valence-corrected chi connectivity index (χ2v) is 11.0. The van der Waals surface area contributed by atoms with E-state index >= 15 is 0 Å². The van der Waals surface area contributed by atoms with Gasteiger partial charge >= 0.3 is 6.18 Å². The zero-order valence-electron chi connectivity index (χ0n) is 19.7. The summed E-state index contributed by atoms with van der Waals surface area (Å²) in [5, 5.41) is 1.15. The van der Waals surface area contributed by atoms with Crippen LogP contribution in [0.1, 0.15) is 69.4 Å². The number of rotatable bonds is 8. The molecular formula is C25H29F3N2O4S. The summed E-state index contributed by atoms with van der Waals surface area (Å²) < 4.78 is 69.4. The van der Waals surface area contributed by atoms with Crippen molar-refractivity contribution in [2.75, 3.05) is 0 Å². The molecule has 0 spiro atoms. The fourth-order valence-electron chi connectivity index (χ4n) is 3.85. The fraction of sp³-hybridized carbons (Fsp3) is 0.520. The van der Waals surface area contributed by atoms with Gasteiger partial charge in [-0.3, -0.25) is 9.59 Å². The molecule has 190 valence electrons. The molecule has 0 radical (unpaired) electrons. The van der Waals surface area contributed by atoms with E-state index in [1.165, 1.54) is 12.1 Å². The number of sulfonamides is 1. The van der Waals surface area contributed by atoms with Crippen molar-refractivity contribution in [3.63, 3.8) is 0 Å². The molecule has 2 N–H and O–H groups in total. The van der Waals surface area contributed by atoms with E-state index in [-0.39, 0.29) is 17.6 Å². The maximum absolute atomic E-state index is 14.3. The summed E-state index contributed by atoms with van der Waals surface area (Å²) in [6, 6.07) is 6.29. The van der Waals surface area contributed by atoms with Crippen LogP contribution < -0.4 is 10.0 Å². The summed E-state index contributed by atoms with van der Waals surface area (Å²) in [6.45, 7) is 3.80. The number of unbranched alkanes of at least 4 members (excludes halogenated alkanes) is 4. The van der Waals surface area contributed by atoms with Crippen LogP contribution in [0.15, 0.2) is 29.8 Å². The highest BCUT2D eigenvalue weighted by molar-refractivity contribution is 7.91. The molecule has 2 amide bonds. The summed E-state index contributed by atoms with van der Waals surface area (Å²) in [5.74, 6) is 2.25. The second kappa shape index (κ2) is 10.4. The second-order valence-electron chi connectivity index (χ2n) is 9.04. The van der Waals surface area contributed by atoms with E-state index in [0.717, 1.165) is 24.8 Å². The predicted molar refractivity (Wildman–Crippen MR) is 126 cm³/mol. The summed E-state index contributed by atoms with van der Waals surface area (Å²) in [7, 11) is -4.02. The Kier molecular flexibility index (Phi) is 8.00. The maximum Gasteiger partial charge on any atom is 0.423 e. The highest BCUT2D eigenvalue weighted by Crippen LogP contribution is 2.42. The van der Waals surface area contributed by atoms with Gasteiger partial charge in [0.05, 0.1) is 5.25 Å². The van der Waals surface area contributed by atoms with Crippen molar-refractivity contribution in [3.05, 3.63) is 41.0 Å². The van der Waals surface area contributed by atoms with Crippen molar-refractivity contribution < 1.29 is 31.2 Å². The summed E-state index contributed by atoms with van der Waals surface area (Å²) in [4.78, 5) is 25.9. The van der Waals surface area contributed by atoms with Crippen molar-refractivity contribution >= 4 is 27.4 Å². The quantitative estimate of drug-likeness (QED) is 0.312. The largest absolute Gasteiger partial charge is 0.423 e. The van der Waals surface area contributed by atoms with Crippen molar-refractivity contribution in [1.29, 1.82) is 0 Å². The summed E-state index contributed by atoms with van der Waals surface area (Å²) in [5.41, 5.74) is -2.70. The molecule has 1 heterocycles. The number of halogens is 3. The van der Waals surface area contributed by atoms with Crippen molar-refractivity contribution in [1.82, 2.24) is 10.0 Å². The normalized spacial score (nSPS) is 20.7. The lowest BCUT2D eigenvalue weighted by Gasteiger charge is -2.37. The van der Waals surface area contributed by atoms with Gasteiger partial charge in [0, 0.05) is 12.8 Å². The zero-order valence-corrected chi connectivity index (χ0v) is 20.5. The van der Waals surface area contributed by atoms with E-state index in [9.17, 15) is 31.2 Å². The molecule has 3 rings (SSSR count). The van der Waals surface area contributed by atoms with Gasteiger partial charge < -0.3 is 5.32 Å². The lowest BCUT2D eigenvalue weighted by atomic mass is 9.80. The molecule has 1 atom stereocenters. The van der Waals surface area contributed by atoms with Crippen LogP contribution >= 0.6 is 0 Å². The van der Waals surface area contributed by atoms with Crippen molar-refractivity contribution in [2.45, 2.75) is 82.2 Å². The first kappa shape index (κ1) is 26.8. The number of carbonyl (C=O) groups excluding carboxylic acids is 2. The number of benzene rings is 1. The van der Waals surface area contributed by atoms with Gasteiger partial charge in [0.15, 0.2) is 0 Å². The van der Waals surface area contributed by atoms with E-state index < -0.39 is 50.8 Å². The Morgan fingerprint density at radius 2 is 1.83 bits per heavy atom. The van der Waals surface area contributed by atoms with Crippen LogP contribution in [0, 0.1) is 18.8 Å². The summed E-state index contributed by atoms with van der Waals surface area (Å²) >= 11 is 0. The van der Waals surface area contributed by atoms with Crippen molar-refractivity contribution in [2.24, 2.45) is 0 Å². The predicted octanol–water partition coefficient (Wildman–Crippen LogP) is 4.15.